The largest absolute Gasteiger partial charge is 0.396 e. The Morgan fingerprint density at radius 1 is 1.25 bits per heavy atom. The van der Waals surface area contributed by atoms with Gasteiger partial charge in [-0.1, -0.05) is 20.8 Å². The van der Waals surface area contributed by atoms with Gasteiger partial charge in [0.25, 0.3) is 0 Å². The van der Waals surface area contributed by atoms with Crippen LogP contribution in [-0.4, -0.2) is 27.7 Å². The Morgan fingerprint density at radius 2 is 1.94 bits per heavy atom. The fourth-order valence-electron chi connectivity index (χ4n) is 1.30. The first kappa shape index (κ1) is 12.9. The molecule has 0 radical (unpaired) electrons. The molecule has 2 atom stereocenters. The Bertz CT molecular complexity index is 328. The van der Waals surface area contributed by atoms with Crippen LogP contribution in [0.4, 0.5) is 5.82 Å². The van der Waals surface area contributed by atoms with Gasteiger partial charge in [-0.3, -0.25) is 0 Å². The molecule has 2 N–H and O–H groups in total. The van der Waals surface area contributed by atoms with Crippen LogP contribution in [0.15, 0.2) is 12.4 Å². The highest BCUT2D eigenvalue weighted by Gasteiger charge is 2.12. The van der Waals surface area contributed by atoms with Crippen molar-refractivity contribution in [2.45, 2.75) is 39.7 Å². The van der Waals surface area contributed by atoms with Crippen molar-refractivity contribution >= 4 is 5.82 Å². The van der Waals surface area contributed by atoms with Crippen molar-refractivity contribution in [3.63, 3.8) is 0 Å². The van der Waals surface area contributed by atoms with Gasteiger partial charge in [0.2, 0.25) is 0 Å². The van der Waals surface area contributed by atoms with Crippen LogP contribution in [0, 0.1) is 5.92 Å². The number of aliphatic hydroxyl groups is 1. The summed E-state index contributed by atoms with van der Waals surface area (Å²) in [5, 5.41) is 12.3. The second-order valence-corrected chi connectivity index (χ2v) is 4.58. The molecule has 1 heterocycles. The summed E-state index contributed by atoms with van der Waals surface area (Å²) in [4.78, 5) is 8.39. The van der Waals surface area contributed by atoms with Crippen LogP contribution in [0.3, 0.4) is 0 Å². The van der Waals surface area contributed by atoms with Gasteiger partial charge >= 0.3 is 0 Å². The highest BCUT2D eigenvalue weighted by molar-refractivity contribution is 5.36. The molecule has 4 heteroatoms. The molecule has 0 aliphatic carbocycles. The molecule has 0 saturated heterocycles. The van der Waals surface area contributed by atoms with E-state index in [1.165, 1.54) is 0 Å². The third-order valence-corrected chi connectivity index (χ3v) is 2.80. The van der Waals surface area contributed by atoms with E-state index in [0.29, 0.717) is 5.92 Å². The minimum Gasteiger partial charge on any atom is -0.396 e. The molecular weight excluding hydrogens is 202 g/mol. The number of nitrogens with zero attached hydrogens (tertiary/aromatic N) is 2. The van der Waals surface area contributed by atoms with Crippen molar-refractivity contribution in [1.29, 1.82) is 0 Å². The van der Waals surface area contributed by atoms with E-state index in [-0.39, 0.29) is 18.6 Å². The van der Waals surface area contributed by atoms with Crippen molar-refractivity contribution < 1.29 is 5.11 Å². The van der Waals surface area contributed by atoms with Crippen molar-refractivity contribution in [3.8, 4) is 0 Å². The molecule has 4 nitrogen and oxygen atoms in total. The fourth-order valence-corrected chi connectivity index (χ4v) is 1.30. The number of hydrogen-bond donors (Lipinski definition) is 2. The van der Waals surface area contributed by atoms with Gasteiger partial charge < -0.3 is 10.4 Å². The van der Waals surface area contributed by atoms with Crippen LogP contribution >= 0.6 is 0 Å². The lowest BCUT2D eigenvalue weighted by Gasteiger charge is -2.20. The van der Waals surface area contributed by atoms with E-state index in [1.54, 1.807) is 6.33 Å². The molecule has 2 unspecified atom stereocenters. The number of nitrogens with one attached hydrogen (secondary N) is 1. The lowest BCUT2D eigenvalue weighted by Crippen LogP contribution is -2.26. The number of aliphatic hydroxyl groups excluding tert-OH is 1. The summed E-state index contributed by atoms with van der Waals surface area (Å²) in [5.74, 6) is 1.43. The van der Waals surface area contributed by atoms with Crippen LogP contribution < -0.4 is 5.32 Å². The van der Waals surface area contributed by atoms with Crippen molar-refractivity contribution in [2.75, 3.05) is 11.9 Å². The fraction of sp³-hybridized carbons (Fsp3) is 0.667. The quantitative estimate of drug-likeness (QED) is 0.802. The van der Waals surface area contributed by atoms with E-state index in [9.17, 15) is 0 Å². The van der Waals surface area contributed by atoms with Crippen molar-refractivity contribution in [2.24, 2.45) is 5.92 Å². The minimum atomic E-state index is 0.177. The lowest BCUT2D eigenvalue weighted by atomic mass is 10.1. The summed E-state index contributed by atoms with van der Waals surface area (Å²) < 4.78 is 0. The molecule has 16 heavy (non-hydrogen) atoms. The molecule has 0 aromatic carbocycles. The Morgan fingerprint density at radius 3 is 2.50 bits per heavy atom. The summed E-state index contributed by atoms with van der Waals surface area (Å²) >= 11 is 0. The highest BCUT2D eigenvalue weighted by atomic mass is 16.3. The van der Waals surface area contributed by atoms with Crippen molar-refractivity contribution in [3.05, 3.63) is 18.1 Å². The molecule has 1 rings (SSSR count). The zero-order chi connectivity index (χ0) is 12.1. The molecule has 0 aliphatic heterocycles. The van der Waals surface area contributed by atoms with Gasteiger partial charge in [-0.25, -0.2) is 9.97 Å². The maximum Gasteiger partial charge on any atom is 0.129 e. The van der Waals surface area contributed by atoms with Gasteiger partial charge in [-0.2, -0.15) is 0 Å². The average Bonchev–Trinajstić information content (AvgIpc) is 2.28. The third-order valence-electron chi connectivity index (χ3n) is 2.80. The molecule has 1 aromatic heterocycles. The standard InChI is InChI=1S/C12H21N3O/c1-8(2)11-5-12(14-7-13-11)15-10(4)9(3)6-16/h5,7-10,16H,6H2,1-4H3,(H,13,14,15). The second-order valence-electron chi connectivity index (χ2n) is 4.58. The normalized spacial score (nSPS) is 14.9. The molecule has 0 bridgehead atoms. The zero-order valence-corrected chi connectivity index (χ0v) is 10.4. The maximum atomic E-state index is 9.05. The number of hydrogen-bond acceptors (Lipinski definition) is 4. The molecule has 1 aromatic rings. The van der Waals surface area contributed by atoms with E-state index >= 15 is 0 Å². The van der Waals surface area contributed by atoms with Gasteiger partial charge in [0.1, 0.15) is 12.1 Å². The summed E-state index contributed by atoms with van der Waals surface area (Å²) in [5.41, 5.74) is 1.03. The summed E-state index contributed by atoms with van der Waals surface area (Å²) in [7, 11) is 0. The van der Waals surface area contributed by atoms with E-state index in [1.807, 2.05) is 19.9 Å². The number of anilines is 1. The predicted octanol–water partition coefficient (Wildman–Crippen LogP) is 2.03. The monoisotopic (exact) mass is 223 g/mol. The van der Waals surface area contributed by atoms with Crippen LogP contribution in [0.25, 0.3) is 0 Å². The average molecular weight is 223 g/mol. The summed E-state index contributed by atoms with van der Waals surface area (Å²) in [6.45, 7) is 8.42. The predicted molar refractivity (Wildman–Crippen MR) is 65.5 cm³/mol. The van der Waals surface area contributed by atoms with Crippen LogP contribution in [0.5, 0.6) is 0 Å². The lowest BCUT2D eigenvalue weighted by molar-refractivity contribution is 0.226. The third kappa shape index (κ3) is 3.45. The highest BCUT2D eigenvalue weighted by Crippen LogP contribution is 2.15. The molecular formula is C12H21N3O. The van der Waals surface area contributed by atoms with Gasteiger partial charge in [0, 0.05) is 24.4 Å². The number of rotatable bonds is 5. The van der Waals surface area contributed by atoms with Crippen LogP contribution in [0.2, 0.25) is 0 Å². The molecule has 90 valence electrons. The summed E-state index contributed by atoms with van der Waals surface area (Å²) in [6.07, 6.45) is 1.58. The topological polar surface area (TPSA) is 58.0 Å². The summed E-state index contributed by atoms with van der Waals surface area (Å²) in [6, 6.07) is 2.16. The minimum absolute atomic E-state index is 0.177. The molecule has 0 fully saturated rings. The molecule has 0 aliphatic rings. The smallest absolute Gasteiger partial charge is 0.129 e. The Hall–Kier alpha value is -1.16. The Balaban J connectivity index is 2.70. The van der Waals surface area contributed by atoms with Gasteiger partial charge in [-0.15, -0.1) is 0 Å². The zero-order valence-electron chi connectivity index (χ0n) is 10.4. The van der Waals surface area contributed by atoms with E-state index < -0.39 is 0 Å². The Kier molecular flexibility index (Phi) is 4.68. The molecule has 0 amide bonds. The van der Waals surface area contributed by atoms with E-state index in [2.05, 4.69) is 29.1 Å². The number of aromatic nitrogens is 2. The van der Waals surface area contributed by atoms with E-state index in [0.717, 1.165) is 11.5 Å². The van der Waals surface area contributed by atoms with Crippen LogP contribution in [-0.2, 0) is 0 Å². The van der Waals surface area contributed by atoms with Gasteiger partial charge in [0.05, 0.1) is 0 Å². The SMILES string of the molecule is CC(C)c1cc(NC(C)C(C)CO)ncn1. The maximum absolute atomic E-state index is 9.05. The van der Waals surface area contributed by atoms with Crippen molar-refractivity contribution in [1.82, 2.24) is 9.97 Å². The first-order valence-corrected chi connectivity index (χ1v) is 5.74. The molecule has 0 spiro atoms. The van der Waals surface area contributed by atoms with Gasteiger partial charge in [0.15, 0.2) is 0 Å². The van der Waals surface area contributed by atoms with Crippen LogP contribution in [0.1, 0.15) is 39.3 Å². The second kappa shape index (κ2) is 5.80. The molecule has 0 saturated carbocycles. The Labute approximate surface area is 97.1 Å². The first-order valence-electron chi connectivity index (χ1n) is 5.74. The first-order chi connectivity index (χ1) is 7.54. The van der Waals surface area contributed by atoms with Gasteiger partial charge in [-0.05, 0) is 18.8 Å². The van der Waals surface area contributed by atoms with E-state index in [4.69, 9.17) is 5.11 Å².